The summed E-state index contributed by atoms with van der Waals surface area (Å²) < 4.78 is 45.5. The van der Waals surface area contributed by atoms with E-state index in [4.69, 9.17) is 27.6 Å². The van der Waals surface area contributed by atoms with Gasteiger partial charge in [0.2, 0.25) is 5.82 Å². The molecule has 0 bridgehead atoms. The third kappa shape index (κ3) is 4.35. The largest absolute Gasteiger partial charge is 0.461 e. The maximum Gasteiger partial charge on any atom is 0.416 e. The van der Waals surface area contributed by atoms with Crippen LogP contribution in [-0.2, 0) is 11.9 Å². The maximum absolute atomic E-state index is 12.8. The predicted molar refractivity (Wildman–Crippen MR) is 110 cm³/mol. The summed E-state index contributed by atoms with van der Waals surface area (Å²) in [4.78, 5) is 0. The molecule has 0 aliphatic heterocycles. The van der Waals surface area contributed by atoms with E-state index in [1.54, 1.807) is 34.9 Å². The molecule has 0 unspecified atom stereocenters. The normalized spacial score (nSPS) is 11.8. The molecule has 0 fully saturated rings. The molecule has 154 valence electrons. The first-order chi connectivity index (χ1) is 14.3. The van der Waals surface area contributed by atoms with Gasteiger partial charge in [-0.3, -0.25) is 4.57 Å². The van der Waals surface area contributed by atoms with Crippen LogP contribution in [0.2, 0.25) is 10.0 Å². The van der Waals surface area contributed by atoms with Crippen molar-refractivity contribution in [1.82, 2.24) is 14.8 Å². The van der Waals surface area contributed by atoms with E-state index in [-0.39, 0.29) is 0 Å². The summed E-state index contributed by atoms with van der Waals surface area (Å²) in [6, 6.07) is 13.6. The smallest absolute Gasteiger partial charge is 0.416 e. The Morgan fingerprint density at radius 2 is 1.73 bits per heavy atom. The van der Waals surface area contributed by atoms with Gasteiger partial charge in [-0.1, -0.05) is 47.1 Å². The zero-order valence-corrected chi connectivity index (χ0v) is 17.4. The Kier molecular flexibility index (Phi) is 5.81. The van der Waals surface area contributed by atoms with Crippen molar-refractivity contribution < 1.29 is 17.6 Å². The number of hydrogen-bond acceptors (Lipinski definition) is 4. The van der Waals surface area contributed by atoms with Crippen molar-refractivity contribution in [1.29, 1.82) is 0 Å². The molecule has 0 amide bonds. The summed E-state index contributed by atoms with van der Waals surface area (Å²) >= 11 is 13.5. The van der Waals surface area contributed by atoms with Crippen molar-refractivity contribution in [3.63, 3.8) is 0 Å². The molecule has 0 saturated heterocycles. The van der Waals surface area contributed by atoms with Crippen molar-refractivity contribution in [2.75, 3.05) is 0 Å². The second kappa shape index (κ2) is 8.37. The highest BCUT2D eigenvalue weighted by Crippen LogP contribution is 2.33. The highest BCUT2D eigenvalue weighted by atomic mass is 35.5. The molecular weight excluding hydrogens is 458 g/mol. The summed E-state index contributed by atoms with van der Waals surface area (Å²) in [6.45, 7) is 0. The van der Waals surface area contributed by atoms with E-state index in [0.717, 1.165) is 17.7 Å². The molecule has 0 atom stereocenters. The average molecular weight is 470 g/mol. The van der Waals surface area contributed by atoms with E-state index in [2.05, 4.69) is 10.2 Å². The Morgan fingerprint density at radius 3 is 2.37 bits per heavy atom. The number of furan rings is 1. The fourth-order valence-corrected chi connectivity index (χ4v) is 3.92. The van der Waals surface area contributed by atoms with Gasteiger partial charge in [0.15, 0.2) is 10.9 Å². The number of nitrogens with zero attached hydrogens (tertiary/aromatic N) is 3. The monoisotopic (exact) mass is 469 g/mol. The van der Waals surface area contributed by atoms with Gasteiger partial charge < -0.3 is 4.42 Å². The van der Waals surface area contributed by atoms with Crippen LogP contribution in [0.3, 0.4) is 0 Å². The van der Waals surface area contributed by atoms with Gasteiger partial charge in [-0.15, -0.1) is 10.2 Å². The van der Waals surface area contributed by atoms with Gasteiger partial charge >= 0.3 is 6.18 Å². The predicted octanol–water partition coefficient (Wildman–Crippen LogP) is 7.15. The summed E-state index contributed by atoms with van der Waals surface area (Å²) in [6.07, 6.45) is -2.84. The lowest BCUT2D eigenvalue weighted by Crippen LogP contribution is -2.04. The van der Waals surface area contributed by atoms with E-state index in [0.29, 0.717) is 38.2 Å². The lowest BCUT2D eigenvalue weighted by Gasteiger charge is -2.11. The third-order valence-corrected chi connectivity index (χ3v) is 5.92. The van der Waals surface area contributed by atoms with Crippen molar-refractivity contribution in [3.8, 4) is 17.3 Å². The van der Waals surface area contributed by atoms with E-state index < -0.39 is 11.7 Å². The quantitative estimate of drug-likeness (QED) is 0.291. The lowest BCUT2D eigenvalue weighted by atomic mass is 10.1. The molecule has 0 radical (unpaired) electrons. The van der Waals surface area contributed by atoms with Gasteiger partial charge in [-0.25, -0.2) is 0 Å². The minimum absolute atomic E-state index is 0.368. The molecule has 0 saturated carbocycles. The Morgan fingerprint density at radius 1 is 0.967 bits per heavy atom. The molecule has 10 heteroatoms. The number of alkyl halides is 3. The van der Waals surface area contributed by atoms with Crippen LogP contribution in [0.4, 0.5) is 13.2 Å². The molecule has 4 nitrogen and oxygen atoms in total. The fraction of sp³-hybridized carbons (Fsp3) is 0.100. The van der Waals surface area contributed by atoms with Crippen molar-refractivity contribution in [2.45, 2.75) is 17.1 Å². The van der Waals surface area contributed by atoms with Crippen LogP contribution >= 0.6 is 35.0 Å². The molecule has 2 aromatic carbocycles. The van der Waals surface area contributed by atoms with Crippen LogP contribution in [-0.4, -0.2) is 14.8 Å². The molecule has 4 aromatic rings. The van der Waals surface area contributed by atoms with Gasteiger partial charge in [0, 0.05) is 5.75 Å². The molecule has 0 spiro atoms. The number of halogens is 5. The molecule has 4 rings (SSSR count). The first-order valence-corrected chi connectivity index (χ1v) is 10.3. The maximum atomic E-state index is 12.8. The molecule has 0 N–H and O–H groups in total. The van der Waals surface area contributed by atoms with E-state index in [1.165, 1.54) is 30.2 Å². The standard InChI is InChI=1S/C20H12Cl2F3N3OS/c21-15-8-7-14(10-16(15)22)28-18(17-2-1-9-29-17)26-27-19(28)30-11-12-3-5-13(6-4-12)20(23,24)25/h1-10H,11H2. The number of rotatable bonds is 5. The second-order valence-corrected chi connectivity index (χ2v) is 7.96. The Hall–Kier alpha value is -2.42. The van der Waals surface area contributed by atoms with Crippen LogP contribution in [0.1, 0.15) is 11.1 Å². The number of hydrogen-bond donors (Lipinski definition) is 0. The van der Waals surface area contributed by atoms with E-state index in [9.17, 15) is 13.2 Å². The lowest BCUT2D eigenvalue weighted by molar-refractivity contribution is -0.137. The van der Waals surface area contributed by atoms with Gasteiger partial charge in [0.05, 0.1) is 27.6 Å². The Bertz CT molecular complexity index is 1160. The minimum atomic E-state index is -4.36. The van der Waals surface area contributed by atoms with Crippen LogP contribution < -0.4 is 0 Å². The van der Waals surface area contributed by atoms with Crippen molar-refractivity contribution >= 4 is 35.0 Å². The summed E-state index contributed by atoms with van der Waals surface area (Å²) in [5.41, 5.74) is 0.710. The number of aromatic nitrogens is 3. The van der Waals surface area contributed by atoms with Crippen LogP contribution in [0, 0.1) is 0 Å². The van der Waals surface area contributed by atoms with Crippen LogP contribution in [0.15, 0.2) is 70.4 Å². The first-order valence-electron chi connectivity index (χ1n) is 8.56. The second-order valence-electron chi connectivity index (χ2n) is 6.20. The van der Waals surface area contributed by atoms with Crippen LogP contribution in [0.25, 0.3) is 17.3 Å². The molecule has 2 aromatic heterocycles. The number of thioether (sulfide) groups is 1. The minimum Gasteiger partial charge on any atom is -0.461 e. The molecule has 2 heterocycles. The van der Waals surface area contributed by atoms with E-state index >= 15 is 0 Å². The third-order valence-electron chi connectivity index (χ3n) is 4.19. The molecule has 0 aliphatic carbocycles. The zero-order valence-electron chi connectivity index (χ0n) is 15.0. The Labute approximate surface area is 183 Å². The van der Waals surface area contributed by atoms with Gasteiger partial charge in [-0.05, 0) is 48.0 Å². The average Bonchev–Trinajstić information content (AvgIpc) is 3.37. The SMILES string of the molecule is FC(F)(F)c1ccc(CSc2nnc(-c3ccco3)n2-c2ccc(Cl)c(Cl)c2)cc1. The van der Waals surface area contributed by atoms with E-state index in [1.807, 2.05) is 0 Å². The zero-order chi connectivity index (χ0) is 21.3. The highest BCUT2D eigenvalue weighted by Gasteiger charge is 2.30. The molecular formula is C20H12Cl2F3N3OS. The highest BCUT2D eigenvalue weighted by molar-refractivity contribution is 7.98. The van der Waals surface area contributed by atoms with Gasteiger partial charge in [0.25, 0.3) is 0 Å². The number of benzene rings is 2. The Balaban J connectivity index is 1.66. The van der Waals surface area contributed by atoms with Gasteiger partial charge in [-0.2, -0.15) is 13.2 Å². The van der Waals surface area contributed by atoms with Crippen molar-refractivity contribution in [2.24, 2.45) is 0 Å². The summed E-state index contributed by atoms with van der Waals surface area (Å²) in [5.74, 6) is 1.37. The van der Waals surface area contributed by atoms with Crippen molar-refractivity contribution in [3.05, 3.63) is 82.0 Å². The van der Waals surface area contributed by atoms with Crippen LogP contribution in [0.5, 0.6) is 0 Å². The topological polar surface area (TPSA) is 43.9 Å². The molecule has 30 heavy (non-hydrogen) atoms. The summed E-state index contributed by atoms with van der Waals surface area (Å²) in [7, 11) is 0. The fourth-order valence-electron chi connectivity index (χ4n) is 2.72. The molecule has 0 aliphatic rings. The summed E-state index contributed by atoms with van der Waals surface area (Å²) in [5, 5.41) is 9.76. The van der Waals surface area contributed by atoms with Gasteiger partial charge in [0.1, 0.15) is 0 Å². The first kappa shape index (κ1) is 20.8.